The molecule has 0 aromatic heterocycles. The second-order valence-corrected chi connectivity index (χ2v) is 7.96. The summed E-state index contributed by atoms with van der Waals surface area (Å²) in [5, 5.41) is 9.58. The van der Waals surface area contributed by atoms with Crippen molar-refractivity contribution in [1.82, 2.24) is 9.80 Å². The Morgan fingerprint density at radius 3 is 2.29 bits per heavy atom. The number of ether oxygens (including phenoxy) is 1. The Morgan fingerprint density at radius 1 is 1.11 bits per heavy atom. The van der Waals surface area contributed by atoms with Crippen LogP contribution < -0.4 is 0 Å². The molecule has 0 radical (unpaired) electrons. The summed E-state index contributed by atoms with van der Waals surface area (Å²) in [6, 6.07) is 16.8. The van der Waals surface area contributed by atoms with Crippen molar-refractivity contribution >= 4 is 6.09 Å². The third kappa shape index (κ3) is 3.64. The molecule has 5 heteroatoms. The quantitative estimate of drug-likeness (QED) is 0.884. The average molecular weight is 380 g/mol. The highest BCUT2D eigenvalue weighted by molar-refractivity contribution is 5.79. The number of rotatable bonds is 4. The van der Waals surface area contributed by atoms with Crippen LogP contribution in [0.4, 0.5) is 4.79 Å². The molecule has 0 spiro atoms. The Bertz CT molecular complexity index is 806. The van der Waals surface area contributed by atoms with Crippen LogP contribution in [0.25, 0.3) is 11.1 Å². The van der Waals surface area contributed by atoms with Crippen LogP contribution >= 0.6 is 0 Å². The van der Waals surface area contributed by atoms with E-state index in [1.807, 2.05) is 24.0 Å². The van der Waals surface area contributed by atoms with E-state index in [9.17, 15) is 9.90 Å². The van der Waals surface area contributed by atoms with Gasteiger partial charge in [0.25, 0.3) is 0 Å². The molecule has 1 aliphatic heterocycles. The van der Waals surface area contributed by atoms with Crippen molar-refractivity contribution in [2.24, 2.45) is 0 Å². The standard InChI is InChI=1S/C23H28N2O3/c1-16-13-24(14-17(2)26)11-12-25(16)23(27)28-15-22-20-9-5-3-7-18(20)19-8-4-6-10-21(19)22/h3-10,16-17,22,26H,11-15H2,1-2H3. The number of amides is 1. The fourth-order valence-electron chi connectivity index (χ4n) is 4.52. The molecular formula is C23H28N2O3. The Labute approximate surface area is 166 Å². The molecule has 28 heavy (non-hydrogen) atoms. The van der Waals surface area contributed by atoms with Gasteiger partial charge in [-0.05, 0) is 36.1 Å². The molecule has 2 aromatic carbocycles. The average Bonchev–Trinajstić information content (AvgIpc) is 3.00. The van der Waals surface area contributed by atoms with E-state index in [1.165, 1.54) is 22.3 Å². The minimum Gasteiger partial charge on any atom is -0.448 e. The third-order valence-electron chi connectivity index (χ3n) is 5.80. The molecule has 5 nitrogen and oxygen atoms in total. The zero-order valence-corrected chi connectivity index (χ0v) is 16.5. The van der Waals surface area contributed by atoms with Crippen LogP contribution in [0.5, 0.6) is 0 Å². The molecular weight excluding hydrogens is 352 g/mol. The summed E-state index contributed by atoms with van der Waals surface area (Å²) in [4.78, 5) is 16.8. The van der Waals surface area contributed by atoms with Crippen molar-refractivity contribution in [3.05, 3.63) is 59.7 Å². The van der Waals surface area contributed by atoms with E-state index in [0.29, 0.717) is 19.7 Å². The Hall–Kier alpha value is -2.37. The molecule has 4 rings (SSSR count). The normalized spacial score (nSPS) is 20.5. The number of hydrogen-bond acceptors (Lipinski definition) is 4. The first-order chi connectivity index (χ1) is 13.5. The number of carbonyl (C=O) groups excluding carboxylic acids is 1. The van der Waals surface area contributed by atoms with Gasteiger partial charge in [0.05, 0.1) is 6.10 Å². The van der Waals surface area contributed by atoms with Gasteiger partial charge in [-0.2, -0.15) is 0 Å². The minimum atomic E-state index is -0.354. The lowest BCUT2D eigenvalue weighted by Crippen LogP contribution is -2.55. The molecule has 1 fully saturated rings. The molecule has 2 atom stereocenters. The van der Waals surface area contributed by atoms with E-state index < -0.39 is 0 Å². The predicted octanol–water partition coefficient (Wildman–Crippen LogP) is 3.32. The van der Waals surface area contributed by atoms with Crippen molar-refractivity contribution in [2.75, 3.05) is 32.8 Å². The lowest BCUT2D eigenvalue weighted by atomic mass is 9.98. The fraction of sp³-hybridized carbons (Fsp3) is 0.435. The Balaban J connectivity index is 1.42. The summed E-state index contributed by atoms with van der Waals surface area (Å²) in [6.45, 7) is 6.98. The molecule has 1 amide bonds. The zero-order valence-electron chi connectivity index (χ0n) is 16.5. The first-order valence-electron chi connectivity index (χ1n) is 10.1. The number of carbonyl (C=O) groups is 1. The van der Waals surface area contributed by atoms with Crippen LogP contribution in [0, 0.1) is 0 Å². The largest absolute Gasteiger partial charge is 0.448 e. The maximum absolute atomic E-state index is 12.8. The highest BCUT2D eigenvalue weighted by Crippen LogP contribution is 2.44. The van der Waals surface area contributed by atoms with Gasteiger partial charge in [0.1, 0.15) is 6.61 Å². The van der Waals surface area contributed by atoms with Gasteiger partial charge in [-0.15, -0.1) is 0 Å². The number of nitrogens with zero attached hydrogens (tertiary/aromatic N) is 2. The van der Waals surface area contributed by atoms with Crippen molar-refractivity contribution in [2.45, 2.75) is 31.9 Å². The van der Waals surface area contributed by atoms with Gasteiger partial charge in [-0.1, -0.05) is 48.5 Å². The SMILES string of the molecule is CC(O)CN1CCN(C(=O)OCC2c3ccccc3-c3ccccc32)C(C)C1. The van der Waals surface area contributed by atoms with E-state index in [4.69, 9.17) is 4.74 Å². The van der Waals surface area contributed by atoms with Crippen LogP contribution in [0.15, 0.2) is 48.5 Å². The fourth-order valence-corrected chi connectivity index (χ4v) is 4.52. The highest BCUT2D eigenvalue weighted by Gasteiger charge is 2.32. The van der Waals surface area contributed by atoms with E-state index in [-0.39, 0.29) is 24.2 Å². The van der Waals surface area contributed by atoms with Gasteiger partial charge in [0, 0.05) is 38.1 Å². The first-order valence-corrected chi connectivity index (χ1v) is 10.1. The number of aliphatic hydroxyl groups is 1. The summed E-state index contributed by atoms with van der Waals surface area (Å²) >= 11 is 0. The zero-order chi connectivity index (χ0) is 19.7. The maximum atomic E-state index is 12.8. The van der Waals surface area contributed by atoms with Gasteiger partial charge >= 0.3 is 6.09 Å². The molecule has 1 N–H and O–H groups in total. The number of fused-ring (bicyclic) bond motifs is 3. The second kappa shape index (κ2) is 7.94. The highest BCUT2D eigenvalue weighted by atomic mass is 16.6. The monoisotopic (exact) mass is 380 g/mol. The van der Waals surface area contributed by atoms with Gasteiger partial charge in [-0.25, -0.2) is 4.79 Å². The second-order valence-electron chi connectivity index (χ2n) is 7.96. The van der Waals surface area contributed by atoms with Crippen LogP contribution in [-0.4, -0.2) is 65.9 Å². The number of β-amino-alcohol motifs (C(OH)–C–C–N with tert-alkyl or cyclic N) is 1. The Kier molecular flexibility index (Phi) is 5.38. The molecule has 1 heterocycles. The van der Waals surface area contributed by atoms with Gasteiger partial charge in [0.2, 0.25) is 0 Å². The topological polar surface area (TPSA) is 53.0 Å². The summed E-state index contributed by atoms with van der Waals surface area (Å²) in [7, 11) is 0. The molecule has 0 bridgehead atoms. The number of benzene rings is 2. The van der Waals surface area contributed by atoms with E-state index in [2.05, 4.69) is 41.3 Å². The number of hydrogen-bond donors (Lipinski definition) is 1. The van der Waals surface area contributed by atoms with Crippen molar-refractivity contribution in [1.29, 1.82) is 0 Å². The smallest absolute Gasteiger partial charge is 0.410 e. The molecule has 0 saturated carbocycles. The minimum absolute atomic E-state index is 0.0724. The molecule has 1 aliphatic carbocycles. The van der Waals surface area contributed by atoms with Crippen LogP contribution in [0.3, 0.4) is 0 Å². The summed E-state index contributed by atoms with van der Waals surface area (Å²) in [6.07, 6.45) is -0.598. The predicted molar refractivity (Wildman–Crippen MR) is 109 cm³/mol. The summed E-state index contributed by atoms with van der Waals surface area (Å²) in [5.74, 6) is 0.0863. The summed E-state index contributed by atoms with van der Waals surface area (Å²) in [5.41, 5.74) is 4.93. The lowest BCUT2D eigenvalue weighted by Gasteiger charge is -2.39. The van der Waals surface area contributed by atoms with Gasteiger partial charge < -0.3 is 14.7 Å². The number of piperazine rings is 1. The van der Waals surface area contributed by atoms with Crippen LogP contribution in [0.1, 0.15) is 30.9 Å². The van der Waals surface area contributed by atoms with E-state index >= 15 is 0 Å². The third-order valence-corrected chi connectivity index (χ3v) is 5.80. The molecule has 2 aliphatic rings. The van der Waals surface area contributed by atoms with Crippen LogP contribution in [0.2, 0.25) is 0 Å². The first kappa shape index (κ1) is 19.0. The molecule has 2 unspecified atom stereocenters. The van der Waals surface area contributed by atoms with E-state index in [0.717, 1.165) is 13.1 Å². The van der Waals surface area contributed by atoms with Gasteiger partial charge in [0.15, 0.2) is 0 Å². The molecule has 148 valence electrons. The Morgan fingerprint density at radius 2 is 1.71 bits per heavy atom. The van der Waals surface area contributed by atoms with Crippen molar-refractivity contribution < 1.29 is 14.6 Å². The molecule has 2 aromatic rings. The number of aliphatic hydroxyl groups excluding tert-OH is 1. The molecule has 1 saturated heterocycles. The maximum Gasteiger partial charge on any atom is 0.410 e. The van der Waals surface area contributed by atoms with Crippen molar-refractivity contribution in [3.8, 4) is 11.1 Å². The van der Waals surface area contributed by atoms with Crippen molar-refractivity contribution in [3.63, 3.8) is 0 Å². The van der Waals surface area contributed by atoms with Crippen LogP contribution in [-0.2, 0) is 4.74 Å². The van der Waals surface area contributed by atoms with E-state index in [1.54, 1.807) is 6.92 Å². The summed E-state index contributed by atoms with van der Waals surface area (Å²) < 4.78 is 5.78. The lowest BCUT2D eigenvalue weighted by molar-refractivity contribution is 0.0358. The van der Waals surface area contributed by atoms with Gasteiger partial charge in [-0.3, -0.25) is 4.90 Å².